The zero-order valence-corrected chi connectivity index (χ0v) is 13.5. The molecule has 23 heavy (non-hydrogen) atoms. The summed E-state index contributed by atoms with van der Waals surface area (Å²) < 4.78 is 0. The predicted octanol–water partition coefficient (Wildman–Crippen LogP) is 1.43. The van der Waals surface area contributed by atoms with Crippen LogP contribution in [-0.2, 0) is 4.79 Å². The number of piperazine rings is 1. The standard InChI is InChI=1S/C18H25N3O2/c22-15-3-1-14(2-4-15)20-9-11-21(12-10-20)17(23)16-13-18(16)5-7-19-8-6-18/h1-4,16,19,22H,5-13H2. The number of benzene rings is 1. The molecule has 5 heteroatoms. The van der Waals surface area contributed by atoms with E-state index >= 15 is 0 Å². The van der Waals surface area contributed by atoms with Gasteiger partial charge in [0.25, 0.3) is 0 Å². The first-order valence-corrected chi connectivity index (χ1v) is 8.71. The van der Waals surface area contributed by atoms with Gasteiger partial charge in [-0.25, -0.2) is 0 Å². The van der Waals surface area contributed by atoms with E-state index in [1.807, 2.05) is 12.1 Å². The summed E-state index contributed by atoms with van der Waals surface area (Å²) in [4.78, 5) is 17.1. The third kappa shape index (κ3) is 2.78. The Hall–Kier alpha value is -1.75. The Bertz CT molecular complexity index is 572. The van der Waals surface area contributed by atoms with Crippen molar-refractivity contribution in [1.29, 1.82) is 0 Å². The van der Waals surface area contributed by atoms with E-state index < -0.39 is 0 Å². The number of phenols is 1. The molecule has 1 atom stereocenters. The highest BCUT2D eigenvalue weighted by Gasteiger charge is 2.58. The molecule has 124 valence electrons. The molecule has 3 aliphatic rings. The maximum atomic E-state index is 12.8. The third-order valence-electron chi connectivity index (χ3n) is 5.89. The first-order valence-electron chi connectivity index (χ1n) is 8.71. The van der Waals surface area contributed by atoms with Crippen molar-refractivity contribution in [3.63, 3.8) is 0 Å². The van der Waals surface area contributed by atoms with Crippen LogP contribution >= 0.6 is 0 Å². The first kappa shape index (κ1) is 14.8. The second-order valence-corrected chi connectivity index (χ2v) is 7.20. The van der Waals surface area contributed by atoms with Gasteiger partial charge < -0.3 is 20.2 Å². The summed E-state index contributed by atoms with van der Waals surface area (Å²) in [7, 11) is 0. The molecular formula is C18H25N3O2. The highest BCUT2D eigenvalue weighted by Crippen LogP contribution is 2.59. The van der Waals surface area contributed by atoms with Gasteiger partial charge in [0.1, 0.15) is 5.75 Å². The highest BCUT2D eigenvalue weighted by atomic mass is 16.3. The van der Waals surface area contributed by atoms with Crippen molar-refractivity contribution in [3.05, 3.63) is 24.3 Å². The number of phenolic OH excluding ortho intramolecular Hbond substituents is 1. The number of nitrogens with one attached hydrogen (secondary N) is 1. The summed E-state index contributed by atoms with van der Waals surface area (Å²) >= 11 is 0. The van der Waals surface area contributed by atoms with Crippen molar-refractivity contribution in [1.82, 2.24) is 10.2 Å². The number of aromatic hydroxyl groups is 1. The summed E-state index contributed by atoms with van der Waals surface area (Å²) in [6.07, 6.45) is 3.43. The van der Waals surface area contributed by atoms with Gasteiger partial charge in [0, 0.05) is 37.8 Å². The molecule has 1 amide bonds. The summed E-state index contributed by atoms with van der Waals surface area (Å²) in [5.74, 6) is 0.964. The van der Waals surface area contributed by atoms with Crippen molar-refractivity contribution in [2.45, 2.75) is 19.3 Å². The topological polar surface area (TPSA) is 55.8 Å². The molecule has 1 aromatic carbocycles. The Morgan fingerprint density at radius 1 is 1.09 bits per heavy atom. The smallest absolute Gasteiger partial charge is 0.226 e. The Morgan fingerprint density at radius 3 is 2.39 bits per heavy atom. The maximum Gasteiger partial charge on any atom is 0.226 e. The molecule has 1 unspecified atom stereocenters. The van der Waals surface area contributed by atoms with Gasteiger partial charge in [-0.3, -0.25) is 4.79 Å². The normalized spacial score (nSPS) is 26.3. The van der Waals surface area contributed by atoms with Crippen molar-refractivity contribution in [2.24, 2.45) is 11.3 Å². The van der Waals surface area contributed by atoms with Gasteiger partial charge in [-0.2, -0.15) is 0 Å². The van der Waals surface area contributed by atoms with Crippen molar-refractivity contribution < 1.29 is 9.90 Å². The van der Waals surface area contributed by atoms with Crippen LogP contribution in [0.3, 0.4) is 0 Å². The molecule has 1 spiro atoms. The van der Waals surface area contributed by atoms with Crippen LogP contribution < -0.4 is 10.2 Å². The zero-order valence-electron chi connectivity index (χ0n) is 13.5. The van der Waals surface area contributed by atoms with E-state index in [1.54, 1.807) is 12.1 Å². The van der Waals surface area contributed by atoms with Crippen LogP contribution in [0.2, 0.25) is 0 Å². The Kier molecular flexibility index (Phi) is 3.68. The van der Waals surface area contributed by atoms with Gasteiger partial charge in [0.05, 0.1) is 0 Å². The third-order valence-corrected chi connectivity index (χ3v) is 5.89. The van der Waals surface area contributed by atoms with Gasteiger partial charge in [0.15, 0.2) is 0 Å². The van der Waals surface area contributed by atoms with Gasteiger partial charge in [0.2, 0.25) is 5.91 Å². The van der Waals surface area contributed by atoms with E-state index in [4.69, 9.17) is 0 Å². The van der Waals surface area contributed by atoms with E-state index in [2.05, 4.69) is 15.1 Å². The lowest BCUT2D eigenvalue weighted by molar-refractivity contribution is -0.133. The Morgan fingerprint density at radius 2 is 1.74 bits per heavy atom. The monoisotopic (exact) mass is 315 g/mol. The molecule has 0 aromatic heterocycles. The Balaban J connectivity index is 1.33. The first-order chi connectivity index (χ1) is 11.2. The van der Waals surface area contributed by atoms with E-state index in [0.29, 0.717) is 17.1 Å². The fourth-order valence-corrected chi connectivity index (χ4v) is 4.24. The molecule has 1 aromatic rings. The molecule has 0 bridgehead atoms. The highest BCUT2D eigenvalue weighted by molar-refractivity contribution is 5.83. The molecular weight excluding hydrogens is 290 g/mol. The molecule has 4 rings (SSSR count). The van der Waals surface area contributed by atoms with Gasteiger partial charge in [-0.05, 0) is 62.0 Å². The lowest BCUT2D eigenvalue weighted by atomic mass is 9.91. The summed E-state index contributed by atoms with van der Waals surface area (Å²) in [5, 5.41) is 12.8. The quantitative estimate of drug-likeness (QED) is 0.867. The molecule has 5 nitrogen and oxygen atoms in total. The van der Waals surface area contributed by atoms with Crippen molar-refractivity contribution >= 4 is 11.6 Å². The molecule has 2 aliphatic heterocycles. The van der Waals surface area contributed by atoms with Gasteiger partial charge >= 0.3 is 0 Å². The second kappa shape index (κ2) is 5.71. The number of hydrogen-bond donors (Lipinski definition) is 2. The maximum absolute atomic E-state index is 12.8. The van der Waals surface area contributed by atoms with Gasteiger partial charge in [-0.1, -0.05) is 0 Å². The fraction of sp³-hybridized carbons (Fsp3) is 0.611. The average Bonchev–Trinajstić information content (AvgIpc) is 3.28. The van der Waals surface area contributed by atoms with Crippen molar-refractivity contribution in [2.75, 3.05) is 44.2 Å². The fourth-order valence-electron chi connectivity index (χ4n) is 4.24. The van der Waals surface area contributed by atoms with Gasteiger partial charge in [-0.15, -0.1) is 0 Å². The van der Waals surface area contributed by atoms with E-state index in [9.17, 15) is 9.90 Å². The number of carbonyl (C=O) groups excluding carboxylic acids is 1. The number of rotatable bonds is 2. The average molecular weight is 315 g/mol. The van der Waals surface area contributed by atoms with E-state index in [1.165, 1.54) is 0 Å². The van der Waals surface area contributed by atoms with Crippen molar-refractivity contribution in [3.8, 4) is 5.75 Å². The van der Waals surface area contributed by atoms with Crippen LogP contribution in [0.25, 0.3) is 0 Å². The Labute approximate surface area is 137 Å². The number of piperidine rings is 1. The SMILES string of the molecule is O=C(C1CC12CCNCC2)N1CCN(c2ccc(O)cc2)CC1. The molecule has 2 heterocycles. The molecule has 0 radical (unpaired) electrons. The summed E-state index contributed by atoms with van der Waals surface area (Å²) in [6, 6.07) is 7.32. The van der Waals surface area contributed by atoms with E-state index in [0.717, 1.165) is 64.2 Å². The molecule has 1 aliphatic carbocycles. The van der Waals surface area contributed by atoms with Crippen LogP contribution in [-0.4, -0.2) is 55.2 Å². The van der Waals surface area contributed by atoms with Crippen LogP contribution in [0.15, 0.2) is 24.3 Å². The minimum Gasteiger partial charge on any atom is -0.508 e. The largest absolute Gasteiger partial charge is 0.508 e. The van der Waals surface area contributed by atoms with Crippen LogP contribution in [0.5, 0.6) is 5.75 Å². The van der Waals surface area contributed by atoms with Crippen LogP contribution in [0, 0.1) is 11.3 Å². The predicted molar refractivity (Wildman–Crippen MR) is 89.5 cm³/mol. The zero-order chi connectivity index (χ0) is 15.9. The number of nitrogens with zero attached hydrogens (tertiary/aromatic N) is 2. The number of anilines is 1. The lowest BCUT2D eigenvalue weighted by Crippen LogP contribution is -2.49. The lowest BCUT2D eigenvalue weighted by Gasteiger charge is -2.37. The number of carbonyl (C=O) groups is 1. The van der Waals surface area contributed by atoms with Crippen LogP contribution in [0.4, 0.5) is 5.69 Å². The van der Waals surface area contributed by atoms with Crippen LogP contribution in [0.1, 0.15) is 19.3 Å². The number of amides is 1. The second-order valence-electron chi connectivity index (χ2n) is 7.20. The number of hydrogen-bond acceptors (Lipinski definition) is 4. The summed E-state index contributed by atoms with van der Waals surface area (Å²) in [5.41, 5.74) is 1.45. The minimum atomic E-state index is 0.282. The molecule has 2 N–H and O–H groups in total. The molecule has 2 saturated heterocycles. The van der Waals surface area contributed by atoms with E-state index in [-0.39, 0.29) is 5.92 Å². The summed E-state index contributed by atoms with van der Waals surface area (Å²) in [6.45, 7) is 5.50. The minimum absolute atomic E-state index is 0.282. The molecule has 3 fully saturated rings. The molecule has 1 saturated carbocycles.